The van der Waals surface area contributed by atoms with Crippen molar-refractivity contribution in [3.63, 3.8) is 0 Å². The second-order valence-corrected chi connectivity index (χ2v) is 7.80. The minimum atomic E-state index is -4.78. The molecule has 0 radical (unpaired) electrons. The summed E-state index contributed by atoms with van der Waals surface area (Å²) in [4.78, 5) is 41.7. The Morgan fingerprint density at radius 2 is 1.83 bits per heavy atom. The zero-order chi connectivity index (χ0) is 26.5. The molecule has 0 saturated carbocycles. The van der Waals surface area contributed by atoms with E-state index in [0.29, 0.717) is 18.2 Å². The number of halogens is 3. The van der Waals surface area contributed by atoms with Crippen molar-refractivity contribution in [2.75, 3.05) is 29.1 Å². The number of Topliss-reactive ketones (excluding diaryl/α,β-unsaturated/α-hetero) is 1. The maximum absolute atomic E-state index is 13.8. The molecule has 0 aliphatic rings. The molecular weight excluding hydrogens is 481 g/mol. The van der Waals surface area contributed by atoms with Gasteiger partial charge in [0.1, 0.15) is 12.7 Å². The molecule has 13 heteroatoms. The molecule has 10 nitrogen and oxygen atoms in total. The van der Waals surface area contributed by atoms with Crippen molar-refractivity contribution in [1.29, 1.82) is 0 Å². The van der Waals surface area contributed by atoms with Gasteiger partial charge in [-0.2, -0.15) is 18.3 Å². The molecule has 3 N–H and O–H groups in total. The first kappa shape index (κ1) is 26.2. The summed E-state index contributed by atoms with van der Waals surface area (Å²) < 4.78 is 42.8. The molecule has 0 fully saturated rings. The van der Waals surface area contributed by atoms with Crippen molar-refractivity contribution in [3.05, 3.63) is 60.2 Å². The van der Waals surface area contributed by atoms with Crippen LogP contribution in [0.2, 0.25) is 0 Å². The van der Waals surface area contributed by atoms with Gasteiger partial charge in [-0.25, -0.2) is 14.5 Å². The number of anilines is 3. The highest BCUT2D eigenvalue weighted by molar-refractivity contribution is 6.12. The lowest BCUT2D eigenvalue weighted by Gasteiger charge is -2.25. The molecule has 2 amide bonds. The summed E-state index contributed by atoms with van der Waals surface area (Å²) in [6.45, 7) is 2.07. The molecule has 3 rings (SSSR count). The van der Waals surface area contributed by atoms with E-state index in [2.05, 4.69) is 15.4 Å². The van der Waals surface area contributed by atoms with Gasteiger partial charge in [-0.05, 0) is 30.7 Å². The zero-order valence-corrected chi connectivity index (χ0v) is 19.3. The molecule has 36 heavy (non-hydrogen) atoms. The number of nitrogens with one attached hydrogen (secondary N) is 2. The third-order valence-electron chi connectivity index (χ3n) is 5.10. The Morgan fingerprint density at radius 3 is 2.44 bits per heavy atom. The topological polar surface area (TPSA) is 129 Å². The van der Waals surface area contributed by atoms with Crippen LogP contribution in [-0.2, 0) is 11.0 Å². The van der Waals surface area contributed by atoms with Gasteiger partial charge in [0.05, 0.1) is 34.7 Å². The number of carboxylic acid groups (broad SMARTS) is 1. The van der Waals surface area contributed by atoms with Gasteiger partial charge < -0.3 is 15.3 Å². The van der Waals surface area contributed by atoms with Crippen LogP contribution >= 0.6 is 0 Å². The van der Waals surface area contributed by atoms with E-state index in [-0.39, 0.29) is 23.5 Å². The number of ketones is 1. The number of aromatic nitrogens is 3. The number of carbonyl (C=O) groups is 3. The fourth-order valence-corrected chi connectivity index (χ4v) is 3.51. The van der Waals surface area contributed by atoms with E-state index in [1.54, 1.807) is 19.1 Å². The lowest BCUT2D eigenvalue weighted by Crippen LogP contribution is -2.24. The molecule has 0 spiro atoms. The lowest BCUT2D eigenvalue weighted by atomic mass is 10.1. The number of benzene rings is 2. The van der Waals surface area contributed by atoms with Crippen LogP contribution in [0.5, 0.6) is 0 Å². The van der Waals surface area contributed by atoms with Crippen LogP contribution in [0.25, 0.3) is 5.69 Å². The van der Waals surface area contributed by atoms with Crippen LogP contribution < -0.4 is 15.5 Å². The quantitative estimate of drug-likeness (QED) is 0.290. The van der Waals surface area contributed by atoms with Gasteiger partial charge >= 0.3 is 12.3 Å². The minimum absolute atomic E-state index is 0.176. The Balaban J connectivity index is 1.88. The smallest absolute Gasteiger partial charge is 0.418 e. The number of nitrogens with zero attached hydrogens (tertiary/aromatic N) is 4. The first-order valence-electron chi connectivity index (χ1n) is 10.7. The van der Waals surface area contributed by atoms with Crippen molar-refractivity contribution in [3.8, 4) is 5.69 Å². The summed E-state index contributed by atoms with van der Waals surface area (Å²) in [6, 6.07) is 7.88. The average molecular weight is 504 g/mol. The zero-order valence-electron chi connectivity index (χ0n) is 19.3. The highest BCUT2D eigenvalue weighted by atomic mass is 19.4. The standard InChI is InChI=1S/C23H23F3N6O4/c1-3-7-31(2)19-10-18(30-22(35)36)17(9-16(19)23(24,25)26)29-21(34)11-20(33)14-5-4-6-15(8-14)32-13-27-12-28-32/h4-6,8-10,12-13,30H,3,7,11H2,1-2H3,(H,29,34)(H,35,36). The molecule has 0 saturated heterocycles. The molecular formula is C23H23F3N6O4. The van der Waals surface area contributed by atoms with Gasteiger partial charge in [-0.3, -0.25) is 14.9 Å². The van der Waals surface area contributed by atoms with Crippen molar-refractivity contribution >= 4 is 34.8 Å². The third-order valence-corrected chi connectivity index (χ3v) is 5.10. The first-order chi connectivity index (χ1) is 17.0. The molecule has 0 atom stereocenters. The van der Waals surface area contributed by atoms with Gasteiger partial charge in [0.15, 0.2) is 5.78 Å². The Morgan fingerprint density at radius 1 is 1.11 bits per heavy atom. The van der Waals surface area contributed by atoms with Gasteiger partial charge in [-0.1, -0.05) is 19.1 Å². The fourth-order valence-electron chi connectivity index (χ4n) is 3.51. The van der Waals surface area contributed by atoms with Crippen LogP contribution in [-0.4, -0.2) is 51.2 Å². The monoisotopic (exact) mass is 504 g/mol. The second-order valence-electron chi connectivity index (χ2n) is 7.80. The number of amides is 2. The van der Waals surface area contributed by atoms with Crippen molar-refractivity contribution in [2.45, 2.75) is 25.9 Å². The highest BCUT2D eigenvalue weighted by Gasteiger charge is 2.36. The maximum atomic E-state index is 13.8. The number of hydrogen-bond donors (Lipinski definition) is 3. The Hall–Kier alpha value is -4.42. The van der Waals surface area contributed by atoms with E-state index in [0.717, 1.165) is 6.07 Å². The summed E-state index contributed by atoms with van der Waals surface area (Å²) >= 11 is 0. The second kappa shape index (κ2) is 10.9. The maximum Gasteiger partial charge on any atom is 0.418 e. The van der Waals surface area contributed by atoms with Gasteiger partial charge in [0, 0.05) is 19.2 Å². The third kappa shape index (κ3) is 6.37. The van der Waals surface area contributed by atoms with Crippen molar-refractivity contribution in [1.82, 2.24) is 14.8 Å². The van der Waals surface area contributed by atoms with Crippen LogP contribution in [0.15, 0.2) is 49.1 Å². The van der Waals surface area contributed by atoms with Crippen LogP contribution in [0.1, 0.15) is 35.7 Å². The van der Waals surface area contributed by atoms with Gasteiger partial charge in [-0.15, -0.1) is 0 Å². The fraction of sp³-hybridized carbons (Fsp3) is 0.261. The van der Waals surface area contributed by atoms with E-state index in [4.69, 9.17) is 5.11 Å². The molecule has 190 valence electrons. The molecule has 1 heterocycles. The van der Waals surface area contributed by atoms with Crippen LogP contribution in [0.3, 0.4) is 0 Å². The summed E-state index contributed by atoms with van der Waals surface area (Å²) in [5, 5.41) is 17.4. The molecule has 3 aromatic rings. The molecule has 0 bridgehead atoms. The van der Waals surface area contributed by atoms with E-state index in [9.17, 15) is 27.6 Å². The van der Waals surface area contributed by atoms with E-state index >= 15 is 0 Å². The molecule has 2 aromatic carbocycles. The SMILES string of the molecule is CCCN(C)c1cc(NC(=O)O)c(NC(=O)CC(=O)c2cccc(-n3cncn3)c2)cc1C(F)(F)F. The van der Waals surface area contributed by atoms with Crippen LogP contribution in [0.4, 0.5) is 35.0 Å². The van der Waals surface area contributed by atoms with Crippen LogP contribution in [0, 0.1) is 0 Å². The predicted molar refractivity (Wildman–Crippen MR) is 126 cm³/mol. The van der Waals surface area contributed by atoms with Crippen molar-refractivity contribution < 1.29 is 32.7 Å². The van der Waals surface area contributed by atoms with Crippen molar-refractivity contribution in [2.24, 2.45) is 0 Å². The van der Waals surface area contributed by atoms with E-state index in [1.165, 1.54) is 41.4 Å². The molecule has 0 unspecified atom stereocenters. The number of hydrogen-bond acceptors (Lipinski definition) is 6. The normalized spacial score (nSPS) is 11.1. The number of alkyl halides is 3. The Kier molecular flexibility index (Phi) is 7.92. The minimum Gasteiger partial charge on any atom is -0.465 e. The summed E-state index contributed by atoms with van der Waals surface area (Å²) in [5.41, 5.74) is -1.30. The van der Waals surface area contributed by atoms with E-state index in [1.807, 2.05) is 5.32 Å². The Bertz CT molecular complexity index is 1260. The lowest BCUT2D eigenvalue weighted by molar-refractivity contribution is -0.137. The van der Waals surface area contributed by atoms with Gasteiger partial charge in [0.2, 0.25) is 5.91 Å². The molecule has 0 aliphatic carbocycles. The number of rotatable bonds is 9. The summed E-state index contributed by atoms with van der Waals surface area (Å²) in [6.07, 6.45) is -3.72. The molecule has 0 aliphatic heterocycles. The molecule has 1 aromatic heterocycles. The average Bonchev–Trinajstić information content (AvgIpc) is 3.34. The number of carbonyl (C=O) groups excluding carboxylic acids is 2. The largest absolute Gasteiger partial charge is 0.465 e. The summed E-state index contributed by atoms with van der Waals surface area (Å²) in [7, 11) is 1.45. The Labute approximate surface area is 203 Å². The predicted octanol–water partition coefficient (Wildman–Crippen LogP) is 4.43. The highest BCUT2D eigenvalue weighted by Crippen LogP contribution is 2.41. The first-order valence-corrected chi connectivity index (χ1v) is 10.7. The van der Waals surface area contributed by atoms with E-state index < -0.39 is 41.6 Å². The van der Waals surface area contributed by atoms with Gasteiger partial charge in [0.25, 0.3) is 0 Å². The summed E-state index contributed by atoms with van der Waals surface area (Å²) in [5.74, 6) is -1.51.